The molecule has 0 N–H and O–H groups in total. The molecule has 6 nitrogen and oxygen atoms in total. The zero-order valence-electron chi connectivity index (χ0n) is 13.2. The van der Waals surface area contributed by atoms with Gasteiger partial charge in [-0.1, -0.05) is 11.6 Å². The van der Waals surface area contributed by atoms with Gasteiger partial charge in [-0.3, -0.25) is 9.69 Å². The first kappa shape index (κ1) is 16.1. The van der Waals surface area contributed by atoms with Gasteiger partial charge in [-0.2, -0.15) is 0 Å². The van der Waals surface area contributed by atoms with Gasteiger partial charge in [0.2, 0.25) is 5.91 Å². The lowest BCUT2D eigenvalue weighted by Gasteiger charge is -2.33. The molecule has 0 spiro atoms. The van der Waals surface area contributed by atoms with Crippen molar-refractivity contribution < 1.29 is 9.59 Å². The van der Waals surface area contributed by atoms with Crippen LogP contribution in [0.5, 0.6) is 0 Å². The number of carbonyl (C=O) groups excluding carboxylic acids is 2. The van der Waals surface area contributed by atoms with Gasteiger partial charge in [0.15, 0.2) is 0 Å². The topological polar surface area (TPSA) is 47.1 Å². The molecule has 2 aliphatic heterocycles. The van der Waals surface area contributed by atoms with Crippen molar-refractivity contribution in [2.24, 2.45) is 0 Å². The number of halogens is 1. The van der Waals surface area contributed by atoms with E-state index in [1.54, 1.807) is 21.9 Å². The Bertz CT molecular complexity index is 584. The van der Waals surface area contributed by atoms with Crippen LogP contribution in [0.25, 0.3) is 0 Å². The maximum Gasteiger partial charge on any atom is 0.325 e. The van der Waals surface area contributed by atoms with Gasteiger partial charge in [0.05, 0.1) is 0 Å². The molecule has 2 aliphatic rings. The second-order valence-electron chi connectivity index (χ2n) is 6.02. The van der Waals surface area contributed by atoms with Crippen molar-refractivity contribution >= 4 is 29.2 Å². The number of rotatable bonds is 3. The molecule has 2 fully saturated rings. The molecular formula is C16H21ClN4O2. The van der Waals surface area contributed by atoms with Gasteiger partial charge in [0, 0.05) is 50.0 Å². The van der Waals surface area contributed by atoms with E-state index >= 15 is 0 Å². The molecule has 0 aromatic heterocycles. The average Bonchev–Trinajstić information content (AvgIpc) is 2.90. The molecule has 2 saturated heterocycles. The van der Waals surface area contributed by atoms with Crippen LogP contribution in [0.15, 0.2) is 24.3 Å². The van der Waals surface area contributed by atoms with E-state index in [0.29, 0.717) is 18.1 Å². The van der Waals surface area contributed by atoms with E-state index in [0.717, 1.165) is 31.9 Å². The number of likely N-dealkylation sites (N-methyl/N-ethyl adjacent to an activating group) is 1. The molecule has 0 saturated carbocycles. The van der Waals surface area contributed by atoms with E-state index < -0.39 is 0 Å². The molecular weight excluding hydrogens is 316 g/mol. The molecule has 3 rings (SSSR count). The Morgan fingerprint density at radius 3 is 2.35 bits per heavy atom. The molecule has 1 aromatic carbocycles. The smallest absolute Gasteiger partial charge is 0.325 e. The zero-order chi connectivity index (χ0) is 16.4. The van der Waals surface area contributed by atoms with Crippen LogP contribution >= 0.6 is 11.6 Å². The maximum absolute atomic E-state index is 12.5. The summed E-state index contributed by atoms with van der Waals surface area (Å²) in [6.45, 7) is 4.56. The molecule has 7 heteroatoms. The summed E-state index contributed by atoms with van der Waals surface area (Å²) < 4.78 is 0. The largest absolute Gasteiger partial charge is 0.339 e. The Balaban J connectivity index is 1.58. The molecule has 23 heavy (non-hydrogen) atoms. The minimum atomic E-state index is -0.116. The van der Waals surface area contributed by atoms with Crippen molar-refractivity contribution in [3.05, 3.63) is 29.3 Å². The highest BCUT2D eigenvalue weighted by Gasteiger charge is 2.32. The molecule has 2 heterocycles. The molecule has 0 radical (unpaired) electrons. The third kappa shape index (κ3) is 3.59. The second-order valence-corrected chi connectivity index (χ2v) is 6.45. The summed E-state index contributed by atoms with van der Waals surface area (Å²) in [5.74, 6) is 0.0319. The van der Waals surface area contributed by atoms with E-state index in [4.69, 9.17) is 11.6 Å². The second kappa shape index (κ2) is 6.76. The van der Waals surface area contributed by atoms with Crippen molar-refractivity contribution in [2.75, 3.05) is 57.8 Å². The molecule has 3 amide bonds. The van der Waals surface area contributed by atoms with Gasteiger partial charge in [-0.15, -0.1) is 0 Å². The number of nitrogens with zero attached hydrogens (tertiary/aromatic N) is 4. The fourth-order valence-corrected chi connectivity index (χ4v) is 3.04. The first-order chi connectivity index (χ1) is 11.0. The lowest BCUT2D eigenvalue weighted by molar-refractivity contribution is -0.133. The third-order valence-corrected chi connectivity index (χ3v) is 4.67. The molecule has 0 atom stereocenters. The summed E-state index contributed by atoms with van der Waals surface area (Å²) in [5.41, 5.74) is 0.814. The first-order valence-corrected chi connectivity index (χ1v) is 8.21. The minimum absolute atomic E-state index is 0.0319. The summed E-state index contributed by atoms with van der Waals surface area (Å²) in [6.07, 6.45) is 0. The van der Waals surface area contributed by atoms with Crippen LogP contribution in [0.4, 0.5) is 10.5 Å². The lowest BCUT2D eigenvalue weighted by atomic mass is 10.3. The Labute approximate surface area is 141 Å². The first-order valence-electron chi connectivity index (χ1n) is 7.83. The van der Waals surface area contributed by atoms with Crippen LogP contribution < -0.4 is 4.90 Å². The Kier molecular flexibility index (Phi) is 4.73. The SMILES string of the molecule is CN1CCN(C(=O)CN2CCN(c3ccc(Cl)cc3)C2=O)CC1. The van der Waals surface area contributed by atoms with Gasteiger partial charge in [0.25, 0.3) is 0 Å². The summed E-state index contributed by atoms with van der Waals surface area (Å²) in [6, 6.07) is 7.07. The van der Waals surface area contributed by atoms with Crippen LogP contribution in [-0.2, 0) is 4.79 Å². The number of amides is 3. The van der Waals surface area contributed by atoms with Crippen LogP contribution in [0.2, 0.25) is 5.02 Å². The highest BCUT2D eigenvalue weighted by atomic mass is 35.5. The normalized spacial score (nSPS) is 19.6. The van der Waals surface area contributed by atoms with Gasteiger partial charge >= 0.3 is 6.03 Å². The molecule has 124 valence electrons. The van der Waals surface area contributed by atoms with Gasteiger partial charge in [0.1, 0.15) is 6.54 Å². The summed E-state index contributed by atoms with van der Waals surface area (Å²) in [7, 11) is 2.05. The van der Waals surface area contributed by atoms with E-state index in [2.05, 4.69) is 11.9 Å². The quantitative estimate of drug-likeness (QED) is 0.837. The average molecular weight is 337 g/mol. The van der Waals surface area contributed by atoms with Crippen molar-refractivity contribution in [2.45, 2.75) is 0 Å². The van der Waals surface area contributed by atoms with Crippen LogP contribution in [0.3, 0.4) is 0 Å². The number of piperazine rings is 1. The monoisotopic (exact) mass is 336 g/mol. The number of benzene rings is 1. The zero-order valence-corrected chi connectivity index (χ0v) is 14.0. The minimum Gasteiger partial charge on any atom is -0.339 e. The molecule has 0 aliphatic carbocycles. The van der Waals surface area contributed by atoms with E-state index in [-0.39, 0.29) is 18.5 Å². The third-order valence-electron chi connectivity index (χ3n) is 4.42. The standard InChI is InChI=1S/C16H21ClN4O2/c1-18-6-8-19(9-7-18)15(22)12-20-10-11-21(16(20)23)14-4-2-13(17)3-5-14/h2-5H,6-12H2,1H3. The fourth-order valence-electron chi connectivity index (χ4n) is 2.91. The lowest BCUT2D eigenvalue weighted by Crippen LogP contribution is -2.50. The number of anilines is 1. The van der Waals surface area contributed by atoms with E-state index in [1.807, 2.05) is 17.0 Å². The van der Waals surface area contributed by atoms with E-state index in [9.17, 15) is 9.59 Å². The predicted octanol–water partition coefficient (Wildman–Crippen LogP) is 1.36. The Hall–Kier alpha value is -1.79. The molecule has 0 unspecified atom stereocenters. The van der Waals surface area contributed by atoms with Crippen LogP contribution in [-0.4, -0.2) is 79.5 Å². The Morgan fingerprint density at radius 2 is 1.70 bits per heavy atom. The predicted molar refractivity (Wildman–Crippen MR) is 89.8 cm³/mol. The van der Waals surface area contributed by atoms with Crippen molar-refractivity contribution in [3.8, 4) is 0 Å². The highest BCUT2D eigenvalue weighted by Crippen LogP contribution is 2.22. The fraction of sp³-hybridized carbons (Fsp3) is 0.500. The number of hydrogen-bond donors (Lipinski definition) is 0. The number of urea groups is 1. The summed E-state index contributed by atoms with van der Waals surface area (Å²) >= 11 is 5.88. The highest BCUT2D eigenvalue weighted by molar-refractivity contribution is 6.30. The van der Waals surface area contributed by atoms with Crippen molar-refractivity contribution in [3.63, 3.8) is 0 Å². The van der Waals surface area contributed by atoms with Gasteiger partial charge < -0.3 is 14.7 Å². The number of carbonyl (C=O) groups is 2. The number of hydrogen-bond acceptors (Lipinski definition) is 3. The molecule has 1 aromatic rings. The molecule has 0 bridgehead atoms. The van der Waals surface area contributed by atoms with Gasteiger partial charge in [-0.05, 0) is 31.3 Å². The Morgan fingerprint density at radius 1 is 1.04 bits per heavy atom. The van der Waals surface area contributed by atoms with E-state index in [1.165, 1.54) is 0 Å². The summed E-state index contributed by atoms with van der Waals surface area (Å²) in [5, 5.41) is 0.641. The van der Waals surface area contributed by atoms with Crippen LogP contribution in [0, 0.1) is 0 Å². The van der Waals surface area contributed by atoms with Crippen LogP contribution in [0.1, 0.15) is 0 Å². The summed E-state index contributed by atoms with van der Waals surface area (Å²) in [4.78, 5) is 32.2. The maximum atomic E-state index is 12.5. The van der Waals surface area contributed by atoms with Gasteiger partial charge in [-0.25, -0.2) is 4.79 Å². The van der Waals surface area contributed by atoms with Crippen molar-refractivity contribution in [1.82, 2.24) is 14.7 Å². The van der Waals surface area contributed by atoms with Crippen molar-refractivity contribution in [1.29, 1.82) is 0 Å².